The molecule has 0 aliphatic heterocycles. The van der Waals surface area contributed by atoms with Crippen molar-refractivity contribution in [2.24, 2.45) is 0 Å². The van der Waals surface area contributed by atoms with Gasteiger partial charge in [0.25, 0.3) is 7.82 Å². The van der Waals surface area contributed by atoms with Gasteiger partial charge in [0.05, 0.1) is 39.9 Å². The molecule has 0 aromatic rings. The number of hydrogen-bond donors (Lipinski definition) is 2. The predicted molar refractivity (Wildman–Crippen MR) is 238 cm³/mol. The van der Waals surface area contributed by atoms with E-state index in [2.05, 4.69) is 25.2 Å². The van der Waals surface area contributed by atoms with Gasteiger partial charge < -0.3 is 28.8 Å². The fourth-order valence-corrected chi connectivity index (χ4v) is 7.87. The molecule has 0 radical (unpaired) electrons. The van der Waals surface area contributed by atoms with Gasteiger partial charge in [-0.05, 0) is 25.7 Å². The van der Waals surface area contributed by atoms with Gasteiger partial charge >= 0.3 is 0 Å². The lowest BCUT2D eigenvalue weighted by Crippen LogP contribution is -2.46. The van der Waals surface area contributed by atoms with Crippen molar-refractivity contribution < 1.29 is 32.9 Å². The first-order valence-electron chi connectivity index (χ1n) is 24.0. The Morgan fingerprint density at radius 2 is 0.982 bits per heavy atom. The maximum absolute atomic E-state index is 12.9. The van der Waals surface area contributed by atoms with Crippen LogP contribution in [0, 0.1) is 0 Å². The van der Waals surface area contributed by atoms with Crippen molar-refractivity contribution in [3.8, 4) is 0 Å². The van der Waals surface area contributed by atoms with Crippen molar-refractivity contribution in [3.05, 3.63) is 12.2 Å². The van der Waals surface area contributed by atoms with Crippen LogP contribution >= 0.6 is 7.82 Å². The van der Waals surface area contributed by atoms with E-state index in [-0.39, 0.29) is 19.1 Å². The number of unbranched alkanes of at least 4 members (excludes halogenated alkanes) is 30. The van der Waals surface area contributed by atoms with Gasteiger partial charge in [-0.3, -0.25) is 9.36 Å². The van der Waals surface area contributed by atoms with E-state index in [0.717, 1.165) is 32.1 Å². The number of phosphoric acid groups is 1. The van der Waals surface area contributed by atoms with Crippen LogP contribution in [0.15, 0.2) is 12.2 Å². The first-order valence-corrected chi connectivity index (χ1v) is 25.5. The predicted octanol–water partition coefficient (Wildman–Crippen LogP) is 12.9. The summed E-state index contributed by atoms with van der Waals surface area (Å²) in [6.45, 7) is 4.69. The van der Waals surface area contributed by atoms with Crippen LogP contribution in [0.3, 0.4) is 0 Å². The maximum atomic E-state index is 12.9. The van der Waals surface area contributed by atoms with Crippen LogP contribution in [0.25, 0.3) is 0 Å². The highest BCUT2D eigenvalue weighted by Crippen LogP contribution is 2.38. The fourth-order valence-electron chi connectivity index (χ4n) is 7.15. The number of carbonyl (C=O) groups excluding carboxylic acids is 1. The number of phosphoric ester groups is 1. The van der Waals surface area contributed by atoms with Crippen molar-refractivity contribution >= 4 is 13.7 Å². The second kappa shape index (κ2) is 39.7. The van der Waals surface area contributed by atoms with Crippen LogP contribution in [0.1, 0.15) is 232 Å². The highest BCUT2D eigenvalue weighted by atomic mass is 31.2. The van der Waals surface area contributed by atoms with E-state index in [4.69, 9.17) is 9.05 Å². The molecule has 0 aromatic carbocycles. The number of aliphatic hydroxyl groups is 1. The number of quaternary nitrogens is 1. The van der Waals surface area contributed by atoms with E-state index >= 15 is 0 Å². The highest BCUT2D eigenvalue weighted by Gasteiger charge is 2.24. The Morgan fingerprint density at radius 1 is 0.607 bits per heavy atom. The molecule has 334 valence electrons. The molecule has 0 heterocycles. The van der Waals surface area contributed by atoms with Crippen molar-refractivity contribution in [2.45, 2.75) is 244 Å². The lowest BCUT2D eigenvalue weighted by Gasteiger charge is -2.29. The zero-order chi connectivity index (χ0) is 41.4. The fraction of sp³-hybridized carbons (Fsp3) is 0.936. The number of aliphatic hydroxyl groups excluding tert-OH is 1. The first-order chi connectivity index (χ1) is 27.0. The molecule has 0 bridgehead atoms. The second-order valence-corrected chi connectivity index (χ2v) is 19.2. The molecule has 0 saturated heterocycles. The normalized spacial score (nSPS) is 14.3. The van der Waals surface area contributed by atoms with Gasteiger partial charge in [-0.1, -0.05) is 212 Å². The van der Waals surface area contributed by atoms with Crippen LogP contribution in [0.2, 0.25) is 0 Å². The Kier molecular flexibility index (Phi) is 39.1. The molecule has 2 N–H and O–H groups in total. The number of nitrogens with zero attached hydrogens (tertiary/aromatic N) is 1. The third-order valence-electron chi connectivity index (χ3n) is 11.0. The van der Waals surface area contributed by atoms with Gasteiger partial charge in [0.2, 0.25) is 5.91 Å². The average Bonchev–Trinajstić information content (AvgIpc) is 3.15. The van der Waals surface area contributed by atoms with Crippen LogP contribution in [0.4, 0.5) is 0 Å². The molecule has 0 fully saturated rings. The third-order valence-corrected chi connectivity index (χ3v) is 12.0. The smallest absolute Gasteiger partial charge is 0.268 e. The Bertz CT molecular complexity index is 927. The first kappa shape index (κ1) is 55.2. The molecule has 3 atom stereocenters. The summed E-state index contributed by atoms with van der Waals surface area (Å²) in [5, 5.41) is 13.8. The number of allylic oxidation sites excluding steroid dienone is 1. The largest absolute Gasteiger partial charge is 0.756 e. The maximum Gasteiger partial charge on any atom is 0.268 e. The van der Waals surface area contributed by atoms with Crippen molar-refractivity contribution in [1.82, 2.24) is 5.32 Å². The summed E-state index contributed by atoms with van der Waals surface area (Å²) in [5.74, 6) is -0.184. The molecule has 0 aliphatic rings. The average molecular weight is 815 g/mol. The molecule has 0 rings (SSSR count). The summed E-state index contributed by atoms with van der Waals surface area (Å²) < 4.78 is 23.2. The number of rotatable bonds is 44. The quantitative estimate of drug-likeness (QED) is 0.0274. The minimum absolute atomic E-state index is 0.00499. The molecule has 1 unspecified atom stereocenters. The molecule has 0 aliphatic carbocycles. The van der Waals surface area contributed by atoms with Gasteiger partial charge in [0.1, 0.15) is 13.2 Å². The number of nitrogens with one attached hydrogen (secondary N) is 1. The lowest BCUT2D eigenvalue weighted by atomic mass is 10.0. The van der Waals surface area contributed by atoms with E-state index < -0.39 is 20.0 Å². The van der Waals surface area contributed by atoms with E-state index in [9.17, 15) is 19.4 Å². The Hall–Kier alpha value is -0.760. The molecule has 9 heteroatoms. The monoisotopic (exact) mass is 815 g/mol. The minimum Gasteiger partial charge on any atom is -0.756 e. The third kappa shape index (κ3) is 41.4. The summed E-state index contributed by atoms with van der Waals surface area (Å²) in [5.41, 5.74) is 0. The van der Waals surface area contributed by atoms with Crippen LogP contribution in [-0.4, -0.2) is 68.5 Å². The number of likely N-dealkylation sites (N-methyl/N-ethyl adjacent to an activating group) is 1. The number of hydrogen-bond acceptors (Lipinski definition) is 6. The topological polar surface area (TPSA) is 108 Å². The van der Waals surface area contributed by atoms with Crippen LogP contribution < -0.4 is 10.2 Å². The van der Waals surface area contributed by atoms with Gasteiger partial charge in [-0.25, -0.2) is 0 Å². The van der Waals surface area contributed by atoms with E-state index in [1.54, 1.807) is 0 Å². The molecular formula is C47H95N2O6P. The Balaban J connectivity index is 4.26. The van der Waals surface area contributed by atoms with Crippen molar-refractivity contribution in [2.75, 3.05) is 40.9 Å². The Morgan fingerprint density at radius 3 is 1.38 bits per heavy atom. The summed E-state index contributed by atoms with van der Waals surface area (Å²) in [4.78, 5) is 25.3. The van der Waals surface area contributed by atoms with E-state index in [0.29, 0.717) is 23.9 Å². The zero-order valence-corrected chi connectivity index (χ0v) is 38.7. The number of carbonyl (C=O) groups is 1. The van der Waals surface area contributed by atoms with Crippen LogP contribution in [0.5, 0.6) is 0 Å². The molecular weight excluding hydrogens is 719 g/mol. The molecule has 1 amide bonds. The molecule has 8 nitrogen and oxygen atoms in total. The summed E-state index contributed by atoms with van der Waals surface area (Å²) in [7, 11) is 1.28. The highest BCUT2D eigenvalue weighted by molar-refractivity contribution is 7.45. The molecule has 0 aromatic heterocycles. The molecule has 56 heavy (non-hydrogen) atoms. The Labute approximate surface area is 348 Å². The van der Waals surface area contributed by atoms with E-state index in [1.165, 1.54) is 173 Å². The summed E-state index contributed by atoms with van der Waals surface area (Å²) in [6, 6.07) is -0.844. The summed E-state index contributed by atoms with van der Waals surface area (Å²) in [6.07, 6.45) is 45.3. The standard InChI is InChI=1S/C47H95N2O6P/c1-6-8-10-12-14-16-18-20-21-22-23-24-25-26-27-29-31-33-35-37-39-41-47(51)48-45(44-55-56(52,53)54-43-42-49(3,4)5)46(50)40-38-36-34-32-30-28-19-17-15-13-11-9-7-2/h36,38,45-46,50H,6-35,37,39-44H2,1-5H3,(H-,48,51,52,53)/t45-,46+/m0/s1. The number of amides is 1. The van der Waals surface area contributed by atoms with E-state index in [1.807, 2.05) is 27.2 Å². The molecule has 0 spiro atoms. The van der Waals surface area contributed by atoms with Gasteiger partial charge in [-0.15, -0.1) is 0 Å². The van der Waals surface area contributed by atoms with Gasteiger partial charge in [0, 0.05) is 6.42 Å². The van der Waals surface area contributed by atoms with Crippen molar-refractivity contribution in [3.63, 3.8) is 0 Å². The molecule has 0 saturated carbocycles. The van der Waals surface area contributed by atoms with Crippen LogP contribution in [-0.2, 0) is 18.4 Å². The SMILES string of the molecule is CCCCCCCCCCCCC=CC[C@@H](O)[C@H](COP(=O)([O-])OCC[N+](C)(C)C)NC(=O)CCCCCCCCCCCCCCCCCCCCCCC. The van der Waals surface area contributed by atoms with Gasteiger partial charge in [-0.2, -0.15) is 0 Å². The van der Waals surface area contributed by atoms with Gasteiger partial charge in [0.15, 0.2) is 0 Å². The van der Waals surface area contributed by atoms with Crippen molar-refractivity contribution in [1.29, 1.82) is 0 Å². The lowest BCUT2D eigenvalue weighted by molar-refractivity contribution is -0.870. The second-order valence-electron chi connectivity index (χ2n) is 17.8. The minimum atomic E-state index is -4.58. The zero-order valence-electron chi connectivity index (χ0n) is 37.9. The summed E-state index contributed by atoms with van der Waals surface area (Å²) >= 11 is 0.